The highest BCUT2D eigenvalue weighted by Gasteiger charge is 2.49. The van der Waals surface area contributed by atoms with Crippen LogP contribution >= 0.6 is 11.6 Å². The number of hydrogen-bond donors (Lipinski definition) is 0. The van der Waals surface area contributed by atoms with Gasteiger partial charge in [0.25, 0.3) is 0 Å². The van der Waals surface area contributed by atoms with Crippen molar-refractivity contribution in [3.05, 3.63) is 39.8 Å². The van der Waals surface area contributed by atoms with Crippen LogP contribution in [-0.2, 0) is 4.79 Å². The number of nitrogens with zero attached hydrogens (tertiary/aromatic N) is 1. The van der Waals surface area contributed by atoms with Crippen LogP contribution in [0, 0.1) is 4.91 Å². The molecule has 0 saturated heterocycles. The summed E-state index contributed by atoms with van der Waals surface area (Å²) in [5.74, 6) is -4.57. The molecule has 10 heteroatoms. The molecule has 0 bridgehead atoms. The Morgan fingerprint density at radius 3 is 1.95 bits per heavy atom. The van der Waals surface area contributed by atoms with E-state index in [1.54, 1.807) is 5.18 Å². The first-order chi connectivity index (χ1) is 9.96. The molecule has 22 heavy (non-hydrogen) atoms. The van der Waals surface area contributed by atoms with Gasteiger partial charge in [0.2, 0.25) is 5.78 Å². The summed E-state index contributed by atoms with van der Waals surface area (Å²) in [6.07, 6.45) is -11.9. The Bertz CT molecular complexity index is 540. The Hall–Kier alpha value is -1.64. The lowest BCUT2D eigenvalue weighted by Gasteiger charge is -2.21. The van der Waals surface area contributed by atoms with Gasteiger partial charge in [-0.25, -0.2) is 0 Å². The number of rotatable bonds is 5. The van der Waals surface area contributed by atoms with Gasteiger partial charge in [-0.1, -0.05) is 28.9 Å². The zero-order valence-electron chi connectivity index (χ0n) is 10.6. The standard InChI is InChI=1S/C12H8ClF6NO2/c13-7-3-1-6(2-4-7)8(10(21)12(17,18)19)5-9(20-22)11(14,15)16/h1-4,8-9H,5H2. The molecular weight excluding hydrogens is 340 g/mol. The van der Waals surface area contributed by atoms with Crippen molar-refractivity contribution in [1.29, 1.82) is 0 Å². The van der Waals surface area contributed by atoms with Crippen molar-refractivity contribution in [2.24, 2.45) is 5.18 Å². The van der Waals surface area contributed by atoms with E-state index < -0.39 is 36.5 Å². The molecule has 0 fully saturated rings. The summed E-state index contributed by atoms with van der Waals surface area (Å²) in [5.41, 5.74) is -0.329. The first-order valence-corrected chi connectivity index (χ1v) is 6.10. The Labute approximate surface area is 125 Å². The second-order valence-electron chi connectivity index (χ2n) is 4.36. The zero-order chi connectivity index (χ0) is 17.1. The van der Waals surface area contributed by atoms with Gasteiger partial charge in [-0.15, -0.1) is 0 Å². The lowest BCUT2D eigenvalue weighted by Crippen LogP contribution is -2.35. The molecular formula is C12H8ClF6NO2. The van der Waals surface area contributed by atoms with E-state index in [4.69, 9.17) is 11.6 Å². The fourth-order valence-electron chi connectivity index (χ4n) is 1.75. The quantitative estimate of drug-likeness (QED) is 0.575. The van der Waals surface area contributed by atoms with E-state index in [0.29, 0.717) is 0 Å². The third-order valence-corrected chi connectivity index (χ3v) is 3.08. The van der Waals surface area contributed by atoms with Crippen LogP contribution in [0.3, 0.4) is 0 Å². The number of hydrogen-bond acceptors (Lipinski definition) is 3. The van der Waals surface area contributed by atoms with Crippen LogP contribution in [0.2, 0.25) is 5.02 Å². The SMILES string of the molecule is O=NC(CC(C(=O)C(F)(F)F)c1ccc(Cl)cc1)C(F)(F)F. The largest absolute Gasteiger partial charge is 0.450 e. The molecule has 0 heterocycles. The summed E-state index contributed by atoms with van der Waals surface area (Å²) in [6.45, 7) is 0. The summed E-state index contributed by atoms with van der Waals surface area (Å²) in [5, 5.41) is 1.91. The average Bonchev–Trinajstić information content (AvgIpc) is 2.38. The summed E-state index contributed by atoms with van der Waals surface area (Å²) in [4.78, 5) is 21.6. The maximum atomic E-state index is 12.5. The van der Waals surface area contributed by atoms with Gasteiger partial charge < -0.3 is 0 Å². The smallest absolute Gasteiger partial charge is 0.289 e. The van der Waals surface area contributed by atoms with Crippen molar-refractivity contribution in [3.63, 3.8) is 0 Å². The van der Waals surface area contributed by atoms with Crippen LogP contribution < -0.4 is 0 Å². The summed E-state index contributed by atoms with van der Waals surface area (Å²) < 4.78 is 75.2. The van der Waals surface area contributed by atoms with Crippen LogP contribution in [0.15, 0.2) is 29.4 Å². The number of carbonyl (C=O) groups excluding carboxylic acids is 1. The zero-order valence-corrected chi connectivity index (χ0v) is 11.3. The molecule has 2 atom stereocenters. The molecule has 3 nitrogen and oxygen atoms in total. The first-order valence-electron chi connectivity index (χ1n) is 5.72. The number of alkyl halides is 6. The van der Waals surface area contributed by atoms with Gasteiger partial charge in [0.15, 0.2) is 6.04 Å². The number of carbonyl (C=O) groups is 1. The summed E-state index contributed by atoms with van der Waals surface area (Å²) in [6, 6.07) is 1.33. The molecule has 0 amide bonds. The molecule has 0 radical (unpaired) electrons. The highest BCUT2D eigenvalue weighted by molar-refractivity contribution is 6.30. The van der Waals surface area contributed by atoms with Crippen LogP contribution in [0.4, 0.5) is 26.3 Å². The molecule has 0 saturated carbocycles. The van der Waals surface area contributed by atoms with E-state index >= 15 is 0 Å². The van der Waals surface area contributed by atoms with Crippen molar-refractivity contribution in [2.45, 2.75) is 30.7 Å². The maximum absolute atomic E-state index is 12.5. The highest BCUT2D eigenvalue weighted by atomic mass is 35.5. The Kier molecular flexibility index (Phi) is 5.55. The first kappa shape index (κ1) is 18.4. The highest BCUT2D eigenvalue weighted by Crippen LogP contribution is 2.36. The predicted molar refractivity (Wildman–Crippen MR) is 65.5 cm³/mol. The summed E-state index contributed by atoms with van der Waals surface area (Å²) >= 11 is 5.54. The van der Waals surface area contributed by atoms with E-state index in [0.717, 1.165) is 24.3 Å². The topological polar surface area (TPSA) is 46.5 Å². The number of benzene rings is 1. The molecule has 0 N–H and O–H groups in total. The molecule has 122 valence electrons. The van der Waals surface area contributed by atoms with Crippen molar-refractivity contribution in [3.8, 4) is 0 Å². The lowest BCUT2D eigenvalue weighted by molar-refractivity contribution is -0.176. The molecule has 1 rings (SSSR count). The maximum Gasteiger partial charge on any atom is 0.450 e. The van der Waals surface area contributed by atoms with Crippen LogP contribution in [0.1, 0.15) is 17.9 Å². The number of halogens is 7. The molecule has 0 aromatic heterocycles. The Morgan fingerprint density at radius 2 is 1.59 bits per heavy atom. The van der Waals surface area contributed by atoms with Crippen molar-refractivity contribution in [2.75, 3.05) is 0 Å². The lowest BCUT2D eigenvalue weighted by atomic mass is 9.88. The van der Waals surface area contributed by atoms with Crippen molar-refractivity contribution < 1.29 is 31.1 Å². The fraction of sp³-hybridized carbons (Fsp3) is 0.417. The molecule has 0 aliphatic heterocycles. The van der Waals surface area contributed by atoms with Gasteiger partial charge in [-0.05, 0) is 24.1 Å². The molecule has 2 unspecified atom stereocenters. The van der Waals surface area contributed by atoms with Crippen LogP contribution in [0.25, 0.3) is 0 Å². The third-order valence-electron chi connectivity index (χ3n) is 2.83. The molecule has 0 aliphatic rings. The van der Waals surface area contributed by atoms with E-state index in [1.807, 2.05) is 0 Å². The van der Waals surface area contributed by atoms with Gasteiger partial charge in [-0.2, -0.15) is 31.2 Å². The van der Waals surface area contributed by atoms with Crippen molar-refractivity contribution in [1.82, 2.24) is 0 Å². The molecule has 1 aromatic rings. The predicted octanol–water partition coefficient (Wildman–Crippen LogP) is 4.64. The van der Waals surface area contributed by atoms with Gasteiger partial charge in [-0.3, -0.25) is 4.79 Å². The fourth-order valence-corrected chi connectivity index (χ4v) is 1.87. The second-order valence-corrected chi connectivity index (χ2v) is 4.80. The van der Waals surface area contributed by atoms with Gasteiger partial charge in [0.1, 0.15) is 0 Å². The van der Waals surface area contributed by atoms with E-state index in [9.17, 15) is 36.0 Å². The number of Topliss-reactive ketones (excluding diaryl/α,β-unsaturated/α-hetero) is 1. The number of ketones is 1. The average molecular weight is 348 g/mol. The summed E-state index contributed by atoms with van der Waals surface area (Å²) in [7, 11) is 0. The van der Waals surface area contributed by atoms with Crippen LogP contribution in [0.5, 0.6) is 0 Å². The third kappa shape index (κ3) is 4.69. The second kappa shape index (κ2) is 6.64. The van der Waals surface area contributed by atoms with E-state index in [1.165, 1.54) is 0 Å². The minimum absolute atomic E-state index is 0.128. The monoisotopic (exact) mass is 347 g/mol. The van der Waals surface area contributed by atoms with E-state index in [2.05, 4.69) is 0 Å². The van der Waals surface area contributed by atoms with Gasteiger partial charge in [0.05, 0.1) is 5.92 Å². The normalized spacial score (nSPS) is 15.2. The van der Waals surface area contributed by atoms with E-state index in [-0.39, 0.29) is 10.6 Å². The van der Waals surface area contributed by atoms with Crippen molar-refractivity contribution >= 4 is 17.4 Å². The Morgan fingerprint density at radius 1 is 1.09 bits per heavy atom. The minimum atomic E-state index is -5.34. The minimum Gasteiger partial charge on any atom is -0.289 e. The molecule has 0 spiro atoms. The number of nitroso groups, excluding NO2 is 1. The molecule has 0 aliphatic carbocycles. The Balaban J connectivity index is 3.20. The van der Waals surface area contributed by atoms with Gasteiger partial charge >= 0.3 is 12.4 Å². The molecule has 1 aromatic carbocycles. The van der Waals surface area contributed by atoms with Gasteiger partial charge in [0, 0.05) is 5.02 Å². The van der Waals surface area contributed by atoms with Crippen LogP contribution in [-0.4, -0.2) is 24.2 Å².